The van der Waals surface area contributed by atoms with Gasteiger partial charge in [-0.3, -0.25) is 4.98 Å². The molecule has 0 bridgehead atoms. The first-order valence-electron chi connectivity index (χ1n) is 12.0. The fraction of sp³-hybridized carbons (Fsp3) is 0.259. The zero-order chi connectivity index (χ0) is 24.3. The van der Waals surface area contributed by atoms with Crippen LogP contribution in [0.2, 0.25) is 5.02 Å². The normalized spacial score (nSPS) is 15.1. The number of rotatable bonds is 8. The molecule has 1 aromatic carbocycles. The van der Waals surface area contributed by atoms with Crippen molar-refractivity contribution in [2.45, 2.75) is 38.8 Å². The Morgan fingerprint density at radius 1 is 1.14 bits per heavy atom. The van der Waals surface area contributed by atoms with Crippen molar-refractivity contribution >= 4 is 44.7 Å². The number of nitrogens with one attached hydrogen (secondary N) is 1. The summed E-state index contributed by atoms with van der Waals surface area (Å²) < 4.78 is 8.02. The Bertz CT molecular complexity index is 1470. The van der Waals surface area contributed by atoms with Crippen LogP contribution in [-0.4, -0.2) is 24.5 Å². The maximum Gasteiger partial charge on any atom is 0.142 e. The van der Waals surface area contributed by atoms with Crippen LogP contribution in [0.15, 0.2) is 67.6 Å². The van der Waals surface area contributed by atoms with Crippen molar-refractivity contribution in [2.75, 3.05) is 5.32 Å². The Labute approximate surface area is 218 Å². The van der Waals surface area contributed by atoms with Gasteiger partial charge >= 0.3 is 0 Å². The van der Waals surface area contributed by atoms with Crippen LogP contribution in [0.1, 0.15) is 29.0 Å². The molecular formula is C27H25ClN6OS. The second kappa shape index (κ2) is 10.2. The largest absolute Gasteiger partial charge is 0.486 e. The number of hydrogen-bond acceptors (Lipinski definition) is 7. The molecular weight excluding hydrogens is 492 g/mol. The molecule has 0 saturated heterocycles. The molecule has 0 spiro atoms. The van der Waals surface area contributed by atoms with Gasteiger partial charge in [0.05, 0.1) is 22.4 Å². The van der Waals surface area contributed by atoms with Gasteiger partial charge in [0.25, 0.3) is 0 Å². The monoisotopic (exact) mass is 516 g/mol. The Hall–Kier alpha value is -3.49. The third-order valence-corrected chi connectivity index (χ3v) is 8.06. The number of nitrogens with zero attached hydrogens (tertiary/aromatic N) is 5. The lowest BCUT2D eigenvalue weighted by atomic mass is 9.86. The maximum atomic E-state index is 6.54. The molecule has 0 fully saturated rings. The van der Waals surface area contributed by atoms with Gasteiger partial charge in [0.15, 0.2) is 0 Å². The molecule has 5 aromatic rings. The van der Waals surface area contributed by atoms with Crippen molar-refractivity contribution in [1.29, 1.82) is 0 Å². The molecule has 0 aliphatic heterocycles. The number of thiophene rings is 1. The molecule has 4 aromatic heterocycles. The van der Waals surface area contributed by atoms with Crippen LogP contribution in [-0.2, 0) is 26.0 Å². The highest BCUT2D eigenvalue weighted by atomic mass is 35.5. The fourth-order valence-corrected chi connectivity index (χ4v) is 6.27. The highest BCUT2D eigenvalue weighted by Gasteiger charge is 2.25. The van der Waals surface area contributed by atoms with Crippen LogP contribution in [0.25, 0.3) is 10.2 Å². The van der Waals surface area contributed by atoms with Crippen LogP contribution in [0.5, 0.6) is 5.75 Å². The van der Waals surface area contributed by atoms with Gasteiger partial charge in [-0.15, -0.1) is 11.3 Å². The number of benzene rings is 1. The van der Waals surface area contributed by atoms with Gasteiger partial charge in [0.2, 0.25) is 0 Å². The minimum atomic E-state index is 0.365. The van der Waals surface area contributed by atoms with Gasteiger partial charge in [-0.25, -0.2) is 15.0 Å². The number of aromatic nitrogens is 5. The van der Waals surface area contributed by atoms with Gasteiger partial charge in [0, 0.05) is 35.7 Å². The number of halogens is 1. The molecule has 7 nitrogen and oxygen atoms in total. The molecule has 1 aliphatic rings. The van der Waals surface area contributed by atoms with E-state index in [1.165, 1.54) is 16.9 Å². The molecule has 1 N–H and O–H groups in total. The highest BCUT2D eigenvalue weighted by Crippen LogP contribution is 2.41. The summed E-state index contributed by atoms with van der Waals surface area (Å²) >= 11 is 8.33. The number of ether oxygens (including phenoxy) is 1. The molecule has 0 amide bonds. The molecule has 1 atom stereocenters. The summed E-state index contributed by atoms with van der Waals surface area (Å²) in [6.45, 7) is 1.38. The average Bonchev–Trinajstić information content (AvgIpc) is 3.55. The predicted molar refractivity (Wildman–Crippen MR) is 143 cm³/mol. The summed E-state index contributed by atoms with van der Waals surface area (Å²) in [5.41, 5.74) is 3.10. The molecule has 1 unspecified atom stereocenters. The van der Waals surface area contributed by atoms with Crippen LogP contribution in [0.3, 0.4) is 0 Å². The molecule has 6 rings (SSSR count). The SMILES string of the molecule is Clc1cc(Nc2ncnc3sc4c(c23)CCC(CCn2ccnc2)C4)ccc1OCc1ccccn1. The van der Waals surface area contributed by atoms with E-state index in [1.54, 1.807) is 23.9 Å². The van der Waals surface area contributed by atoms with Crippen LogP contribution < -0.4 is 10.1 Å². The van der Waals surface area contributed by atoms with Crippen molar-refractivity contribution in [1.82, 2.24) is 24.5 Å². The molecule has 0 radical (unpaired) electrons. The van der Waals surface area contributed by atoms with E-state index in [0.29, 0.717) is 23.3 Å². The lowest BCUT2D eigenvalue weighted by Crippen LogP contribution is -2.14. The molecule has 4 heterocycles. The third kappa shape index (κ3) is 4.92. The Morgan fingerprint density at radius 3 is 2.94 bits per heavy atom. The summed E-state index contributed by atoms with van der Waals surface area (Å²) in [7, 11) is 0. The summed E-state index contributed by atoms with van der Waals surface area (Å²) in [6, 6.07) is 11.4. The van der Waals surface area contributed by atoms with E-state index < -0.39 is 0 Å². The lowest BCUT2D eigenvalue weighted by Gasteiger charge is -2.22. The van der Waals surface area contributed by atoms with E-state index in [2.05, 4.69) is 29.8 Å². The smallest absolute Gasteiger partial charge is 0.142 e. The molecule has 36 heavy (non-hydrogen) atoms. The number of hydrogen-bond donors (Lipinski definition) is 1. The van der Waals surface area contributed by atoms with Crippen LogP contribution in [0, 0.1) is 5.92 Å². The number of imidazole rings is 1. The van der Waals surface area contributed by atoms with E-state index in [1.807, 2.05) is 55.1 Å². The summed E-state index contributed by atoms with van der Waals surface area (Å²) in [6.07, 6.45) is 13.6. The van der Waals surface area contributed by atoms with Crippen molar-refractivity contribution in [2.24, 2.45) is 5.92 Å². The lowest BCUT2D eigenvalue weighted by molar-refractivity contribution is 0.301. The molecule has 1 aliphatic carbocycles. The van der Waals surface area contributed by atoms with Gasteiger partial charge in [-0.2, -0.15) is 0 Å². The van der Waals surface area contributed by atoms with E-state index >= 15 is 0 Å². The van der Waals surface area contributed by atoms with E-state index in [4.69, 9.17) is 16.3 Å². The number of aryl methyl sites for hydroxylation is 2. The standard InChI is InChI=1S/C27H25ClN6OS/c28-22-14-19(5-7-23(22)35-15-20-3-1-2-9-30-20)33-26-25-21-6-4-18(8-11-34-12-10-29-17-34)13-24(21)36-27(25)32-16-31-26/h1-3,5,7,9-10,12,14,16-18H,4,6,8,11,13,15H2,(H,31,32,33). The van der Waals surface area contributed by atoms with E-state index in [9.17, 15) is 0 Å². The molecule has 0 saturated carbocycles. The van der Waals surface area contributed by atoms with Crippen LogP contribution in [0.4, 0.5) is 11.5 Å². The molecule has 9 heteroatoms. The van der Waals surface area contributed by atoms with Crippen molar-refractivity contribution < 1.29 is 4.74 Å². The topological polar surface area (TPSA) is 77.8 Å². The average molecular weight is 517 g/mol. The second-order valence-corrected chi connectivity index (χ2v) is 10.5. The first kappa shape index (κ1) is 22.9. The quantitative estimate of drug-likeness (QED) is 0.255. The first-order chi connectivity index (χ1) is 17.7. The second-order valence-electron chi connectivity index (χ2n) is 8.98. The summed E-state index contributed by atoms with van der Waals surface area (Å²) in [5, 5.41) is 5.15. The number of pyridine rings is 1. The first-order valence-corrected chi connectivity index (χ1v) is 13.2. The minimum absolute atomic E-state index is 0.365. The van der Waals surface area contributed by atoms with Crippen molar-refractivity contribution in [3.63, 3.8) is 0 Å². The Morgan fingerprint density at radius 2 is 2.11 bits per heavy atom. The van der Waals surface area contributed by atoms with Crippen molar-refractivity contribution in [3.8, 4) is 5.75 Å². The zero-order valence-electron chi connectivity index (χ0n) is 19.6. The van der Waals surface area contributed by atoms with Gasteiger partial charge in [-0.05, 0) is 67.5 Å². The third-order valence-electron chi connectivity index (χ3n) is 6.60. The Kier molecular flexibility index (Phi) is 6.53. The van der Waals surface area contributed by atoms with Crippen LogP contribution >= 0.6 is 22.9 Å². The number of fused-ring (bicyclic) bond motifs is 3. The molecule has 182 valence electrons. The Balaban J connectivity index is 1.17. The van der Waals surface area contributed by atoms with Gasteiger partial charge in [0.1, 0.15) is 29.3 Å². The number of anilines is 2. The van der Waals surface area contributed by atoms with E-state index in [0.717, 1.165) is 53.2 Å². The van der Waals surface area contributed by atoms with E-state index in [-0.39, 0.29) is 0 Å². The highest BCUT2D eigenvalue weighted by molar-refractivity contribution is 7.19. The predicted octanol–water partition coefficient (Wildman–Crippen LogP) is 6.45. The van der Waals surface area contributed by atoms with Crippen molar-refractivity contribution in [3.05, 3.63) is 88.8 Å². The van der Waals surface area contributed by atoms with Gasteiger partial charge < -0.3 is 14.6 Å². The minimum Gasteiger partial charge on any atom is -0.486 e. The van der Waals surface area contributed by atoms with Gasteiger partial charge in [-0.1, -0.05) is 17.7 Å². The maximum absolute atomic E-state index is 6.54. The zero-order valence-corrected chi connectivity index (χ0v) is 21.2. The summed E-state index contributed by atoms with van der Waals surface area (Å²) in [4.78, 5) is 20.1. The fourth-order valence-electron chi connectivity index (χ4n) is 4.74. The summed E-state index contributed by atoms with van der Waals surface area (Å²) in [5.74, 6) is 2.12.